The molecule has 1 aromatic carbocycles. The molecule has 4 N–H and O–H groups in total. The molecule has 0 unspecified atom stereocenters. The van der Waals surface area contributed by atoms with E-state index in [2.05, 4.69) is 15.6 Å². The van der Waals surface area contributed by atoms with Gasteiger partial charge in [-0.05, 0) is 45.2 Å². The molecule has 0 radical (unpaired) electrons. The number of nitrogens with two attached hydrogens (primary N) is 1. The predicted octanol–water partition coefficient (Wildman–Crippen LogP) is 2.89. The van der Waals surface area contributed by atoms with Gasteiger partial charge in [-0.1, -0.05) is 0 Å². The van der Waals surface area contributed by atoms with Crippen LogP contribution in [0, 0.1) is 0 Å². The number of nitrogens with zero attached hydrogens (tertiary/aromatic N) is 1. The van der Waals surface area contributed by atoms with Gasteiger partial charge in [-0.25, -0.2) is 0 Å². The molecule has 0 aliphatic heterocycles. The van der Waals surface area contributed by atoms with Gasteiger partial charge in [0.2, 0.25) is 5.91 Å². The van der Waals surface area contributed by atoms with Crippen LogP contribution < -0.4 is 25.8 Å². The fourth-order valence-electron chi connectivity index (χ4n) is 2.29. The van der Waals surface area contributed by atoms with Crippen LogP contribution in [0.1, 0.15) is 39.5 Å². The second-order valence-electron chi connectivity index (χ2n) is 5.86. The maximum absolute atomic E-state index is 11.6. The second kappa shape index (κ2) is 11.8. The molecular formula is C18H29IN4O3. The standard InChI is InChI=1S/C18H28N4O3.HI/c1-3-24-14-9-10-16(25-4-2)15(12-14)22-18(19)20-11-5-6-17(23)21-13-7-8-13;/h9-10,12-13H,3-8,11H2,1-2H3,(H,21,23)(H3,19,20,22);1H. The van der Waals surface area contributed by atoms with E-state index in [1.165, 1.54) is 0 Å². The van der Waals surface area contributed by atoms with Crippen molar-refractivity contribution in [3.8, 4) is 11.5 Å². The summed E-state index contributed by atoms with van der Waals surface area (Å²) < 4.78 is 11.1. The normalized spacial score (nSPS) is 13.5. The van der Waals surface area contributed by atoms with Gasteiger partial charge in [0.05, 0.1) is 18.9 Å². The Morgan fingerprint density at radius 2 is 2.00 bits per heavy atom. The van der Waals surface area contributed by atoms with Crippen molar-refractivity contribution in [1.82, 2.24) is 5.32 Å². The number of halogens is 1. The van der Waals surface area contributed by atoms with Gasteiger partial charge in [0, 0.05) is 25.1 Å². The van der Waals surface area contributed by atoms with E-state index in [4.69, 9.17) is 15.2 Å². The lowest BCUT2D eigenvalue weighted by Gasteiger charge is -2.14. The predicted molar refractivity (Wildman–Crippen MR) is 115 cm³/mol. The molecule has 0 bridgehead atoms. The number of ether oxygens (including phenoxy) is 2. The van der Waals surface area contributed by atoms with Gasteiger partial charge in [0.25, 0.3) is 0 Å². The minimum absolute atomic E-state index is 0. The molecule has 0 saturated heterocycles. The molecule has 1 amide bonds. The van der Waals surface area contributed by atoms with Gasteiger partial charge in [0.15, 0.2) is 5.96 Å². The summed E-state index contributed by atoms with van der Waals surface area (Å²) in [6.07, 6.45) is 3.34. The van der Waals surface area contributed by atoms with Crippen LogP contribution in [-0.4, -0.2) is 37.7 Å². The first kappa shape index (κ1) is 22.3. The number of hydrogen-bond donors (Lipinski definition) is 3. The van der Waals surface area contributed by atoms with E-state index in [0.717, 1.165) is 18.6 Å². The summed E-state index contributed by atoms with van der Waals surface area (Å²) in [5, 5.41) is 6.00. The molecule has 1 fully saturated rings. The number of aliphatic imine (C=N–C) groups is 1. The Morgan fingerprint density at radius 1 is 1.27 bits per heavy atom. The van der Waals surface area contributed by atoms with E-state index in [1.54, 1.807) is 0 Å². The van der Waals surface area contributed by atoms with E-state index in [1.807, 2.05) is 32.0 Å². The number of guanidine groups is 1. The molecule has 0 spiro atoms. The van der Waals surface area contributed by atoms with Crippen LogP contribution in [0.2, 0.25) is 0 Å². The quantitative estimate of drug-likeness (QED) is 0.209. The van der Waals surface area contributed by atoms with Crippen LogP contribution in [0.4, 0.5) is 5.69 Å². The number of carbonyl (C=O) groups excluding carboxylic acids is 1. The lowest BCUT2D eigenvalue weighted by Crippen LogP contribution is -2.25. The Hall–Kier alpha value is -1.71. The summed E-state index contributed by atoms with van der Waals surface area (Å²) in [5.74, 6) is 1.80. The van der Waals surface area contributed by atoms with E-state index in [0.29, 0.717) is 50.1 Å². The van der Waals surface area contributed by atoms with Gasteiger partial charge < -0.3 is 25.8 Å². The SMILES string of the molecule is CCOc1ccc(OCC)c(NC(N)=NCCCC(=O)NC2CC2)c1.I. The maximum atomic E-state index is 11.6. The van der Waals surface area contributed by atoms with Gasteiger partial charge in [-0.2, -0.15) is 0 Å². The zero-order valence-electron chi connectivity index (χ0n) is 15.4. The van der Waals surface area contributed by atoms with E-state index < -0.39 is 0 Å². The molecule has 8 heteroatoms. The average molecular weight is 476 g/mol. The summed E-state index contributed by atoms with van der Waals surface area (Å²) in [6.45, 7) is 5.48. The number of benzene rings is 1. The Bertz CT molecular complexity index is 606. The molecule has 26 heavy (non-hydrogen) atoms. The zero-order valence-corrected chi connectivity index (χ0v) is 17.7. The highest BCUT2D eigenvalue weighted by Crippen LogP contribution is 2.29. The Kier molecular flexibility index (Phi) is 10.2. The van der Waals surface area contributed by atoms with Gasteiger partial charge in [-0.15, -0.1) is 24.0 Å². The Labute approximate surface area is 172 Å². The van der Waals surface area contributed by atoms with E-state index >= 15 is 0 Å². The zero-order chi connectivity index (χ0) is 18.1. The number of hydrogen-bond acceptors (Lipinski definition) is 4. The van der Waals surface area contributed by atoms with Crippen molar-refractivity contribution in [3.05, 3.63) is 18.2 Å². The van der Waals surface area contributed by atoms with Crippen LogP contribution in [0.5, 0.6) is 11.5 Å². The Morgan fingerprint density at radius 3 is 2.65 bits per heavy atom. The molecular weight excluding hydrogens is 447 g/mol. The van der Waals surface area contributed by atoms with Crippen molar-refractivity contribution in [2.75, 3.05) is 25.1 Å². The molecule has 1 saturated carbocycles. The summed E-state index contributed by atoms with van der Waals surface area (Å²) in [7, 11) is 0. The van der Waals surface area contributed by atoms with E-state index in [-0.39, 0.29) is 35.8 Å². The van der Waals surface area contributed by atoms with Crippen LogP contribution in [-0.2, 0) is 4.79 Å². The third-order valence-electron chi connectivity index (χ3n) is 3.61. The molecule has 1 aliphatic carbocycles. The van der Waals surface area contributed by atoms with Crippen molar-refractivity contribution in [1.29, 1.82) is 0 Å². The number of nitrogens with one attached hydrogen (secondary N) is 2. The molecule has 0 atom stereocenters. The topological polar surface area (TPSA) is 98.0 Å². The van der Waals surface area contributed by atoms with Crippen molar-refractivity contribution in [2.45, 2.75) is 45.6 Å². The lowest BCUT2D eigenvalue weighted by molar-refractivity contribution is -0.121. The smallest absolute Gasteiger partial charge is 0.220 e. The molecule has 1 aromatic rings. The molecule has 1 aliphatic rings. The molecule has 146 valence electrons. The van der Waals surface area contributed by atoms with Crippen LogP contribution in [0.3, 0.4) is 0 Å². The van der Waals surface area contributed by atoms with Crippen molar-refractivity contribution < 1.29 is 14.3 Å². The summed E-state index contributed by atoms with van der Waals surface area (Å²) >= 11 is 0. The monoisotopic (exact) mass is 476 g/mol. The van der Waals surface area contributed by atoms with Gasteiger partial charge >= 0.3 is 0 Å². The third-order valence-corrected chi connectivity index (χ3v) is 3.61. The minimum atomic E-state index is 0. The number of anilines is 1. The Balaban J connectivity index is 0.00000338. The van der Waals surface area contributed by atoms with Crippen molar-refractivity contribution in [3.63, 3.8) is 0 Å². The molecule has 0 aromatic heterocycles. The summed E-state index contributed by atoms with van der Waals surface area (Å²) in [6, 6.07) is 5.93. The molecule has 2 rings (SSSR count). The van der Waals surface area contributed by atoms with Crippen molar-refractivity contribution in [2.24, 2.45) is 10.7 Å². The lowest BCUT2D eigenvalue weighted by atomic mass is 10.2. The third kappa shape index (κ3) is 8.11. The first-order valence-electron chi connectivity index (χ1n) is 8.88. The second-order valence-corrected chi connectivity index (χ2v) is 5.86. The van der Waals surface area contributed by atoms with E-state index in [9.17, 15) is 4.79 Å². The van der Waals surface area contributed by atoms with Crippen LogP contribution >= 0.6 is 24.0 Å². The average Bonchev–Trinajstić information content (AvgIpc) is 3.38. The highest BCUT2D eigenvalue weighted by atomic mass is 127. The fraction of sp³-hybridized carbons (Fsp3) is 0.556. The number of amides is 1. The van der Waals surface area contributed by atoms with Crippen molar-refractivity contribution >= 4 is 41.5 Å². The summed E-state index contributed by atoms with van der Waals surface area (Å²) in [5.41, 5.74) is 6.65. The number of rotatable bonds is 10. The minimum Gasteiger partial charge on any atom is -0.494 e. The highest BCUT2D eigenvalue weighted by molar-refractivity contribution is 14.0. The van der Waals surface area contributed by atoms with Gasteiger partial charge in [0.1, 0.15) is 11.5 Å². The van der Waals surface area contributed by atoms with Gasteiger partial charge in [-0.3, -0.25) is 9.79 Å². The van der Waals surface area contributed by atoms with Crippen LogP contribution in [0.15, 0.2) is 23.2 Å². The number of carbonyl (C=O) groups is 1. The molecule has 7 nitrogen and oxygen atoms in total. The highest BCUT2D eigenvalue weighted by Gasteiger charge is 2.22. The fourth-order valence-corrected chi connectivity index (χ4v) is 2.29. The molecule has 0 heterocycles. The summed E-state index contributed by atoms with van der Waals surface area (Å²) in [4.78, 5) is 15.9. The first-order chi connectivity index (χ1) is 12.1. The largest absolute Gasteiger partial charge is 0.494 e. The van der Waals surface area contributed by atoms with Crippen LogP contribution in [0.25, 0.3) is 0 Å². The first-order valence-corrected chi connectivity index (χ1v) is 8.88. The maximum Gasteiger partial charge on any atom is 0.220 e.